The summed E-state index contributed by atoms with van der Waals surface area (Å²) in [6, 6.07) is 3.89. The van der Waals surface area contributed by atoms with Crippen LogP contribution in [0.1, 0.15) is 29.6 Å². The van der Waals surface area contributed by atoms with Gasteiger partial charge in [-0.1, -0.05) is 0 Å². The zero-order valence-electron chi connectivity index (χ0n) is 13.9. The molecule has 23 heavy (non-hydrogen) atoms. The molecule has 126 valence electrons. The fraction of sp³-hybridized carbons (Fsp3) is 0.647. The predicted octanol–water partition coefficient (Wildman–Crippen LogP) is 2.13. The van der Waals surface area contributed by atoms with Crippen LogP contribution in [-0.4, -0.2) is 71.5 Å². The minimum Gasteiger partial charge on any atom is -0.473 e. The van der Waals surface area contributed by atoms with Crippen molar-refractivity contribution in [2.75, 3.05) is 38.7 Å². The summed E-state index contributed by atoms with van der Waals surface area (Å²) in [7, 11) is 4.04. The highest BCUT2D eigenvalue weighted by Gasteiger charge is 2.25. The number of carbonyl (C=O) groups excluding carboxylic acids is 1. The number of pyridine rings is 1. The lowest BCUT2D eigenvalue weighted by Gasteiger charge is -2.35. The van der Waals surface area contributed by atoms with Crippen molar-refractivity contribution in [3.8, 4) is 5.88 Å². The third-order valence-electron chi connectivity index (χ3n) is 4.71. The fourth-order valence-electron chi connectivity index (χ4n) is 3.14. The van der Waals surface area contributed by atoms with Gasteiger partial charge in [-0.15, -0.1) is 0 Å². The Hall–Kier alpha value is -1.27. The topological polar surface area (TPSA) is 45.7 Å². The van der Waals surface area contributed by atoms with Gasteiger partial charge < -0.3 is 14.5 Å². The number of nitrogens with zero attached hydrogens (tertiary/aromatic N) is 3. The van der Waals surface area contributed by atoms with Gasteiger partial charge in [0, 0.05) is 36.7 Å². The second-order valence-electron chi connectivity index (χ2n) is 6.44. The summed E-state index contributed by atoms with van der Waals surface area (Å²) in [4.78, 5) is 21.2. The van der Waals surface area contributed by atoms with Crippen LogP contribution in [0, 0.1) is 0 Å². The van der Waals surface area contributed by atoms with E-state index >= 15 is 0 Å². The summed E-state index contributed by atoms with van der Waals surface area (Å²) in [6.07, 6.45) is 5.02. The number of amides is 1. The molecule has 1 amide bonds. The number of piperidine rings is 1. The molecule has 1 unspecified atom stereocenters. The molecular weight excluding hydrogens is 310 g/mol. The molecule has 2 fully saturated rings. The lowest BCUT2D eigenvalue weighted by Crippen LogP contribution is -2.44. The van der Waals surface area contributed by atoms with Crippen molar-refractivity contribution in [3.05, 3.63) is 23.9 Å². The van der Waals surface area contributed by atoms with Gasteiger partial charge in [0.1, 0.15) is 6.10 Å². The molecule has 2 aliphatic heterocycles. The first-order chi connectivity index (χ1) is 11.1. The second-order valence-corrected chi connectivity index (χ2v) is 7.59. The molecule has 1 atom stereocenters. The minimum atomic E-state index is 0.0626. The van der Waals surface area contributed by atoms with Gasteiger partial charge in [-0.05, 0) is 51.2 Å². The van der Waals surface area contributed by atoms with E-state index in [0.717, 1.165) is 43.9 Å². The standard InChI is InChI=1S/C17H25N3O2S/c1-19-8-4-14(5-9-19)20(2)17(21)13-3-7-18-16(11-13)22-15-6-10-23-12-15/h3,7,11,14-15H,4-6,8-10,12H2,1-2H3. The van der Waals surface area contributed by atoms with Crippen molar-refractivity contribution < 1.29 is 9.53 Å². The summed E-state index contributed by atoms with van der Waals surface area (Å²) >= 11 is 1.90. The van der Waals surface area contributed by atoms with Gasteiger partial charge in [0.15, 0.2) is 0 Å². The molecule has 3 heterocycles. The zero-order chi connectivity index (χ0) is 16.2. The first-order valence-electron chi connectivity index (χ1n) is 8.29. The molecule has 5 nitrogen and oxygen atoms in total. The molecule has 0 bridgehead atoms. The number of likely N-dealkylation sites (tertiary alicyclic amines) is 1. The van der Waals surface area contributed by atoms with Crippen LogP contribution in [0.25, 0.3) is 0 Å². The summed E-state index contributed by atoms with van der Waals surface area (Å²) in [6.45, 7) is 2.10. The largest absolute Gasteiger partial charge is 0.473 e. The van der Waals surface area contributed by atoms with Crippen LogP contribution < -0.4 is 4.74 Å². The van der Waals surface area contributed by atoms with Crippen LogP contribution >= 0.6 is 11.8 Å². The van der Waals surface area contributed by atoms with Crippen LogP contribution in [0.5, 0.6) is 5.88 Å². The Kier molecular flexibility index (Phi) is 5.43. The van der Waals surface area contributed by atoms with E-state index < -0.39 is 0 Å². The van der Waals surface area contributed by atoms with Crippen LogP contribution in [0.2, 0.25) is 0 Å². The molecule has 0 spiro atoms. The van der Waals surface area contributed by atoms with E-state index in [-0.39, 0.29) is 12.0 Å². The van der Waals surface area contributed by atoms with E-state index in [1.165, 1.54) is 0 Å². The smallest absolute Gasteiger partial charge is 0.254 e. The quantitative estimate of drug-likeness (QED) is 0.843. The Balaban J connectivity index is 1.64. The molecule has 6 heteroatoms. The Labute approximate surface area is 142 Å². The van der Waals surface area contributed by atoms with E-state index in [1.54, 1.807) is 18.3 Å². The number of thioether (sulfide) groups is 1. The van der Waals surface area contributed by atoms with Crippen molar-refractivity contribution in [2.45, 2.75) is 31.4 Å². The second kappa shape index (κ2) is 7.53. The number of carbonyl (C=O) groups is 1. The van der Waals surface area contributed by atoms with E-state index in [2.05, 4.69) is 16.9 Å². The Bertz CT molecular complexity index is 540. The first kappa shape index (κ1) is 16.6. The van der Waals surface area contributed by atoms with Crippen LogP contribution in [0.15, 0.2) is 18.3 Å². The average Bonchev–Trinajstić information content (AvgIpc) is 3.07. The van der Waals surface area contributed by atoms with E-state index in [1.807, 2.05) is 23.7 Å². The first-order valence-corrected chi connectivity index (χ1v) is 9.45. The summed E-state index contributed by atoms with van der Waals surface area (Å²) in [5.41, 5.74) is 0.669. The Morgan fingerprint density at radius 1 is 1.39 bits per heavy atom. The SMILES string of the molecule is CN1CCC(N(C)C(=O)c2ccnc(OC3CCSC3)c2)CC1. The normalized spacial score (nSPS) is 23.0. The Morgan fingerprint density at radius 2 is 2.17 bits per heavy atom. The highest BCUT2D eigenvalue weighted by Crippen LogP contribution is 2.23. The van der Waals surface area contributed by atoms with E-state index in [9.17, 15) is 4.79 Å². The lowest BCUT2D eigenvalue weighted by atomic mass is 10.0. The lowest BCUT2D eigenvalue weighted by molar-refractivity contribution is 0.0658. The van der Waals surface area contributed by atoms with Crippen molar-refractivity contribution in [1.82, 2.24) is 14.8 Å². The molecule has 1 aromatic rings. The molecule has 2 aliphatic rings. The number of hydrogen-bond donors (Lipinski definition) is 0. The van der Waals surface area contributed by atoms with Crippen LogP contribution in [-0.2, 0) is 0 Å². The van der Waals surface area contributed by atoms with Crippen molar-refractivity contribution in [2.24, 2.45) is 0 Å². The van der Waals surface area contributed by atoms with Gasteiger partial charge in [-0.25, -0.2) is 4.98 Å². The van der Waals surface area contributed by atoms with Crippen LogP contribution in [0.3, 0.4) is 0 Å². The molecule has 0 aromatic carbocycles. The maximum absolute atomic E-state index is 12.7. The van der Waals surface area contributed by atoms with Gasteiger partial charge >= 0.3 is 0 Å². The van der Waals surface area contributed by atoms with E-state index in [0.29, 0.717) is 17.5 Å². The molecule has 3 rings (SSSR count). The summed E-state index contributed by atoms with van der Waals surface area (Å²) in [5, 5.41) is 0. The number of ether oxygens (including phenoxy) is 1. The molecule has 2 saturated heterocycles. The van der Waals surface area contributed by atoms with E-state index in [4.69, 9.17) is 4.74 Å². The summed E-state index contributed by atoms with van der Waals surface area (Å²) < 4.78 is 5.90. The average molecular weight is 335 g/mol. The molecular formula is C17H25N3O2S. The maximum Gasteiger partial charge on any atom is 0.254 e. The third-order valence-corrected chi connectivity index (χ3v) is 5.85. The molecule has 0 saturated carbocycles. The fourth-order valence-corrected chi connectivity index (χ4v) is 4.23. The molecule has 1 aromatic heterocycles. The Morgan fingerprint density at radius 3 is 2.87 bits per heavy atom. The zero-order valence-corrected chi connectivity index (χ0v) is 14.7. The number of aromatic nitrogens is 1. The molecule has 0 aliphatic carbocycles. The highest BCUT2D eigenvalue weighted by molar-refractivity contribution is 7.99. The number of rotatable bonds is 4. The molecule has 0 N–H and O–H groups in total. The van der Waals surface area contributed by atoms with Gasteiger partial charge in [0.2, 0.25) is 5.88 Å². The maximum atomic E-state index is 12.7. The highest BCUT2D eigenvalue weighted by atomic mass is 32.2. The minimum absolute atomic E-state index is 0.0626. The van der Waals surface area contributed by atoms with Crippen LogP contribution in [0.4, 0.5) is 0 Å². The van der Waals surface area contributed by atoms with Gasteiger partial charge in [-0.3, -0.25) is 4.79 Å². The molecule has 0 radical (unpaired) electrons. The summed E-state index contributed by atoms with van der Waals surface area (Å²) in [5.74, 6) is 2.78. The van der Waals surface area contributed by atoms with Crippen molar-refractivity contribution in [1.29, 1.82) is 0 Å². The monoisotopic (exact) mass is 335 g/mol. The predicted molar refractivity (Wildman–Crippen MR) is 93.2 cm³/mol. The van der Waals surface area contributed by atoms with Gasteiger partial charge in [-0.2, -0.15) is 11.8 Å². The van der Waals surface area contributed by atoms with Gasteiger partial charge in [0.25, 0.3) is 5.91 Å². The third kappa shape index (κ3) is 4.18. The number of hydrogen-bond acceptors (Lipinski definition) is 5. The van der Waals surface area contributed by atoms with Crippen molar-refractivity contribution >= 4 is 17.7 Å². The van der Waals surface area contributed by atoms with Crippen molar-refractivity contribution in [3.63, 3.8) is 0 Å². The van der Waals surface area contributed by atoms with Gasteiger partial charge in [0.05, 0.1) is 0 Å².